The number of nitrogens with one attached hydrogen (secondary N) is 1. The van der Waals surface area contributed by atoms with Crippen LogP contribution in [0.5, 0.6) is 0 Å². The van der Waals surface area contributed by atoms with E-state index in [0.717, 1.165) is 47.9 Å². The van der Waals surface area contributed by atoms with Crippen molar-refractivity contribution in [1.82, 2.24) is 24.8 Å². The molecule has 0 amide bonds. The molecule has 0 spiro atoms. The molecule has 1 atom stereocenters. The van der Waals surface area contributed by atoms with E-state index in [-0.39, 0.29) is 0 Å². The van der Waals surface area contributed by atoms with Crippen LogP contribution >= 0.6 is 0 Å². The molecule has 1 aromatic carbocycles. The van der Waals surface area contributed by atoms with Gasteiger partial charge in [-0.1, -0.05) is 24.6 Å². The van der Waals surface area contributed by atoms with Gasteiger partial charge in [-0.2, -0.15) is 0 Å². The molecule has 0 saturated carbocycles. The zero-order chi connectivity index (χ0) is 21.0. The van der Waals surface area contributed by atoms with E-state index in [1.807, 2.05) is 31.3 Å². The number of benzene rings is 1. The maximum Gasteiger partial charge on any atom is 0.131 e. The lowest BCUT2D eigenvalue weighted by Crippen LogP contribution is -2.33. The second-order valence-electron chi connectivity index (χ2n) is 8.13. The Hall–Kier alpha value is -3.38. The lowest BCUT2D eigenvalue weighted by atomic mass is 9.95. The van der Waals surface area contributed by atoms with E-state index in [2.05, 4.69) is 60.5 Å². The number of anilines is 2. The fourth-order valence-corrected chi connectivity index (χ4v) is 4.32. The first-order chi connectivity index (χ1) is 15.2. The summed E-state index contributed by atoms with van der Waals surface area (Å²) < 4.78 is 0. The summed E-state index contributed by atoms with van der Waals surface area (Å²) in [4.78, 5) is 20.6. The first kappa shape index (κ1) is 19.6. The summed E-state index contributed by atoms with van der Waals surface area (Å²) in [5, 5.41) is 3.29. The van der Waals surface area contributed by atoms with Gasteiger partial charge in [0.25, 0.3) is 0 Å². The van der Waals surface area contributed by atoms with Gasteiger partial charge < -0.3 is 5.32 Å². The van der Waals surface area contributed by atoms with Gasteiger partial charge in [0.1, 0.15) is 11.6 Å². The fourth-order valence-electron chi connectivity index (χ4n) is 4.32. The molecular formula is C25H26N6. The van der Waals surface area contributed by atoms with Gasteiger partial charge in [0.15, 0.2) is 0 Å². The van der Waals surface area contributed by atoms with Crippen LogP contribution < -0.4 is 5.32 Å². The quantitative estimate of drug-likeness (QED) is 0.488. The predicted molar refractivity (Wildman–Crippen MR) is 123 cm³/mol. The van der Waals surface area contributed by atoms with Gasteiger partial charge in [-0.05, 0) is 67.8 Å². The Morgan fingerprint density at radius 2 is 1.84 bits per heavy atom. The number of piperidine rings is 1. The average molecular weight is 411 g/mol. The van der Waals surface area contributed by atoms with E-state index < -0.39 is 0 Å². The highest BCUT2D eigenvalue weighted by molar-refractivity contribution is 5.74. The van der Waals surface area contributed by atoms with Crippen LogP contribution in [0.15, 0.2) is 67.1 Å². The molecule has 0 bridgehead atoms. The lowest BCUT2D eigenvalue weighted by molar-refractivity contribution is 0.140. The van der Waals surface area contributed by atoms with Gasteiger partial charge in [0.2, 0.25) is 0 Å². The summed E-state index contributed by atoms with van der Waals surface area (Å²) in [6, 6.07) is 17.0. The Labute approximate surface area is 182 Å². The Bertz CT molecular complexity index is 1170. The molecule has 0 radical (unpaired) electrons. The minimum Gasteiger partial charge on any atom is -0.325 e. The summed E-state index contributed by atoms with van der Waals surface area (Å²) >= 11 is 0. The van der Waals surface area contributed by atoms with Crippen molar-refractivity contribution < 1.29 is 0 Å². The van der Waals surface area contributed by atoms with Crippen molar-refractivity contribution in [3.8, 4) is 0 Å². The molecule has 0 unspecified atom stereocenters. The number of hydrogen-bond donors (Lipinski definition) is 1. The number of aryl methyl sites for hydroxylation is 1. The van der Waals surface area contributed by atoms with Crippen molar-refractivity contribution in [2.24, 2.45) is 0 Å². The molecule has 1 saturated heterocycles. The number of aromatic nitrogens is 4. The van der Waals surface area contributed by atoms with Gasteiger partial charge in [-0.15, -0.1) is 0 Å². The number of nitrogens with zero attached hydrogens (tertiary/aromatic N) is 5. The molecule has 3 aromatic heterocycles. The summed E-state index contributed by atoms with van der Waals surface area (Å²) in [7, 11) is 0. The highest BCUT2D eigenvalue weighted by Gasteiger charge is 2.24. The van der Waals surface area contributed by atoms with Gasteiger partial charge in [0, 0.05) is 36.9 Å². The van der Waals surface area contributed by atoms with Gasteiger partial charge in [0.05, 0.1) is 11.0 Å². The SMILES string of the molecule is Cc1cccc(Nc2ccc([C@H]3CCCCN3Cc3ccc4nccnc4c3)cn2)n1. The van der Waals surface area contributed by atoms with Crippen molar-refractivity contribution in [3.05, 3.63) is 83.9 Å². The zero-order valence-electron chi connectivity index (χ0n) is 17.7. The monoisotopic (exact) mass is 410 g/mol. The highest BCUT2D eigenvalue weighted by Crippen LogP contribution is 2.32. The van der Waals surface area contributed by atoms with Gasteiger partial charge in [-0.3, -0.25) is 14.9 Å². The molecule has 6 heteroatoms. The van der Waals surface area contributed by atoms with E-state index in [1.165, 1.54) is 24.0 Å². The van der Waals surface area contributed by atoms with Crippen molar-refractivity contribution >= 4 is 22.7 Å². The van der Waals surface area contributed by atoms with Crippen LogP contribution in [-0.4, -0.2) is 31.4 Å². The number of pyridine rings is 2. The van der Waals surface area contributed by atoms with Crippen LogP contribution in [0.3, 0.4) is 0 Å². The third kappa shape index (κ3) is 4.54. The third-order valence-corrected chi connectivity index (χ3v) is 5.85. The number of fused-ring (bicyclic) bond motifs is 1. The van der Waals surface area contributed by atoms with Crippen molar-refractivity contribution in [3.63, 3.8) is 0 Å². The van der Waals surface area contributed by atoms with Gasteiger partial charge in [-0.25, -0.2) is 9.97 Å². The van der Waals surface area contributed by atoms with Crippen LogP contribution in [0.25, 0.3) is 11.0 Å². The molecule has 1 N–H and O–H groups in total. The third-order valence-electron chi connectivity index (χ3n) is 5.85. The topological polar surface area (TPSA) is 66.8 Å². The number of hydrogen-bond acceptors (Lipinski definition) is 6. The van der Waals surface area contributed by atoms with E-state index in [9.17, 15) is 0 Å². The highest BCUT2D eigenvalue weighted by atomic mass is 15.2. The molecular weight excluding hydrogens is 384 g/mol. The van der Waals surface area contributed by atoms with Crippen LogP contribution in [0, 0.1) is 6.92 Å². The maximum absolute atomic E-state index is 4.67. The Balaban J connectivity index is 1.32. The number of rotatable bonds is 5. The standard InChI is InChI=1S/C25H26N6/c1-18-5-4-7-25(29-18)30-24-11-9-20(16-28-24)23-6-2-3-14-31(23)17-19-8-10-21-22(15-19)27-13-12-26-21/h4-5,7-13,15-16,23H,2-3,6,14,17H2,1H3,(H,28,29,30)/t23-/m1/s1. The number of likely N-dealkylation sites (tertiary alicyclic amines) is 1. The molecule has 5 rings (SSSR count). The van der Waals surface area contributed by atoms with Crippen LogP contribution in [-0.2, 0) is 6.54 Å². The molecule has 0 aliphatic carbocycles. The Kier molecular flexibility index (Phi) is 5.54. The molecule has 1 fully saturated rings. The Morgan fingerprint density at radius 3 is 2.68 bits per heavy atom. The van der Waals surface area contributed by atoms with Crippen molar-refractivity contribution in [2.45, 2.75) is 38.8 Å². The molecule has 6 nitrogen and oxygen atoms in total. The molecule has 31 heavy (non-hydrogen) atoms. The first-order valence-corrected chi connectivity index (χ1v) is 10.8. The molecule has 1 aliphatic heterocycles. The minimum absolute atomic E-state index is 0.380. The Morgan fingerprint density at radius 1 is 0.935 bits per heavy atom. The molecule has 156 valence electrons. The summed E-state index contributed by atoms with van der Waals surface area (Å²) in [5.41, 5.74) is 5.42. The second-order valence-corrected chi connectivity index (χ2v) is 8.13. The molecule has 4 aromatic rings. The van der Waals surface area contributed by atoms with Gasteiger partial charge >= 0.3 is 0 Å². The van der Waals surface area contributed by atoms with Crippen molar-refractivity contribution in [1.29, 1.82) is 0 Å². The smallest absolute Gasteiger partial charge is 0.131 e. The summed E-state index contributed by atoms with van der Waals surface area (Å²) in [5.74, 6) is 1.64. The van der Waals surface area contributed by atoms with Crippen molar-refractivity contribution in [2.75, 3.05) is 11.9 Å². The maximum atomic E-state index is 4.67. The summed E-state index contributed by atoms with van der Waals surface area (Å²) in [6.45, 7) is 3.99. The zero-order valence-corrected chi connectivity index (χ0v) is 17.7. The molecule has 1 aliphatic rings. The largest absolute Gasteiger partial charge is 0.325 e. The van der Waals surface area contributed by atoms with E-state index in [4.69, 9.17) is 0 Å². The van der Waals surface area contributed by atoms with E-state index in [0.29, 0.717) is 6.04 Å². The molecule has 4 heterocycles. The van der Waals surface area contributed by atoms with Crippen LogP contribution in [0.2, 0.25) is 0 Å². The summed E-state index contributed by atoms with van der Waals surface area (Å²) in [6.07, 6.45) is 9.13. The normalized spacial score (nSPS) is 17.0. The van der Waals surface area contributed by atoms with E-state index in [1.54, 1.807) is 12.4 Å². The minimum atomic E-state index is 0.380. The first-order valence-electron chi connectivity index (χ1n) is 10.8. The van der Waals surface area contributed by atoms with E-state index >= 15 is 0 Å². The fraction of sp³-hybridized carbons (Fsp3) is 0.280. The second kappa shape index (κ2) is 8.78. The predicted octanol–water partition coefficient (Wildman–Crippen LogP) is 5.20. The average Bonchev–Trinajstić information content (AvgIpc) is 2.80. The van der Waals surface area contributed by atoms with Crippen LogP contribution in [0.4, 0.5) is 11.6 Å². The lowest BCUT2D eigenvalue weighted by Gasteiger charge is -2.36. The van der Waals surface area contributed by atoms with Crippen LogP contribution in [0.1, 0.15) is 42.1 Å².